The van der Waals surface area contributed by atoms with Crippen molar-refractivity contribution in [3.8, 4) is 67.3 Å². The molecule has 3 heterocycles. The van der Waals surface area contributed by atoms with Gasteiger partial charge in [0.2, 0.25) is 0 Å². The fourth-order valence-corrected chi connectivity index (χ4v) is 7.28. The number of hydrogen-bond acceptors (Lipinski definition) is 4. The second-order valence-corrected chi connectivity index (χ2v) is 13.3. The van der Waals surface area contributed by atoms with Crippen molar-refractivity contribution in [3.63, 3.8) is 0 Å². The topological polar surface area (TPSA) is 51.8 Å². The highest BCUT2D eigenvalue weighted by Crippen LogP contribution is 2.35. The van der Waals surface area contributed by atoms with Crippen LogP contribution in [0.25, 0.3) is 100.0 Å². The molecular formula is C49H31N3O. The Bertz CT molecular complexity index is 2920. The van der Waals surface area contributed by atoms with Gasteiger partial charge in [-0.1, -0.05) is 140 Å². The van der Waals surface area contributed by atoms with Gasteiger partial charge < -0.3 is 4.42 Å². The molecule has 0 aliphatic heterocycles. The lowest BCUT2D eigenvalue weighted by atomic mass is 9.96. The number of nitrogens with zero attached hydrogens (tertiary/aromatic N) is 3. The van der Waals surface area contributed by atoms with Gasteiger partial charge in [-0.2, -0.15) is 0 Å². The predicted molar refractivity (Wildman–Crippen MR) is 217 cm³/mol. The van der Waals surface area contributed by atoms with E-state index in [2.05, 4.69) is 163 Å². The average molecular weight is 678 g/mol. The number of pyridine rings is 1. The van der Waals surface area contributed by atoms with Crippen LogP contribution in [0.4, 0.5) is 0 Å². The van der Waals surface area contributed by atoms with Crippen LogP contribution < -0.4 is 0 Å². The van der Waals surface area contributed by atoms with Crippen LogP contribution in [0.1, 0.15) is 0 Å². The second-order valence-electron chi connectivity index (χ2n) is 13.3. The summed E-state index contributed by atoms with van der Waals surface area (Å²) in [6.45, 7) is 0. The third kappa shape index (κ3) is 5.73. The molecule has 0 saturated carbocycles. The van der Waals surface area contributed by atoms with Crippen molar-refractivity contribution in [2.45, 2.75) is 0 Å². The van der Waals surface area contributed by atoms with E-state index in [0.29, 0.717) is 5.82 Å². The smallest absolute Gasteiger partial charge is 0.160 e. The first kappa shape index (κ1) is 30.6. The van der Waals surface area contributed by atoms with Crippen molar-refractivity contribution in [2.24, 2.45) is 0 Å². The average Bonchev–Trinajstić information content (AvgIpc) is 3.62. The predicted octanol–water partition coefficient (Wildman–Crippen LogP) is 12.9. The van der Waals surface area contributed by atoms with Gasteiger partial charge in [0.05, 0.1) is 11.4 Å². The van der Waals surface area contributed by atoms with Gasteiger partial charge in [-0.05, 0) is 75.0 Å². The Balaban J connectivity index is 1.05. The van der Waals surface area contributed by atoms with Crippen LogP contribution in [0.2, 0.25) is 0 Å². The minimum atomic E-state index is 0.669. The molecule has 0 radical (unpaired) electrons. The number of para-hydroxylation sites is 1. The summed E-state index contributed by atoms with van der Waals surface area (Å²) in [7, 11) is 0. The Hall–Kier alpha value is -7.17. The first-order valence-electron chi connectivity index (χ1n) is 17.7. The lowest BCUT2D eigenvalue weighted by molar-refractivity contribution is 0.669. The Morgan fingerprint density at radius 1 is 0.358 bits per heavy atom. The maximum absolute atomic E-state index is 6.08. The highest BCUT2D eigenvalue weighted by molar-refractivity contribution is 6.06. The molecule has 0 fully saturated rings. The van der Waals surface area contributed by atoms with Gasteiger partial charge in [0.25, 0.3) is 0 Å². The van der Waals surface area contributed by atoms with Gasteiger partial charge in [-0.15, -0.1) is 0 Å². The standard InChI is InChI=1S/C49H31N3O/c1-2-13-41-33(8-1)9-6-15-42(41)34-19-23-36(24-20-34)46-30-45(51-49(52-46)39-11-5-10-37(28-39)40-12-7-27-50-31-40)35-21-17-32(18-22-35)38-25-26-48-44(29-38)43-14-3-4-16-47(43)53-48/h1-31H. The number of rotatable bonds is 6. The monoisotopic (exact) mass is 677 g/mol. The molecule has 248 valence electrons. The first-order chi connectivity index (χ1) is 26.2. The Morgan fingerprint density at radius 2 is 0.962 bits per heavy atom. The molecule has 0 N–H and O–H groups in total. The molecule has 3 aromatic heterocycles. The third-order valence-corrected chi connectivity index (χ3v) is 10.0. The SMILES string of the molecule is c1cncc(-c2cccc(-c3nc(-c4ccc(-c5ccc6oc7ccccc7c6c5)cc4)cc(-c4ccc(-c5cccc6ccccc56)cc4)n3)c2)c1. The van der Waals surface area contributed by atoms with Crippen LogP contribution >= 0.6 is 0 Å². The zero-order chi connectivity index (χ0) is 35.1. The number of benzene rings is 7. The summed E-state index contributed by atoms with van der Waals surface area (Å²) in [5, 5.41) is 4.71. The third-order valence-electron chi connectivity index (χ3n) is 10.0. The van der Waals surface area contributed by atoms with Crippen LogP contribution in [0.15, 0.2) is 193 Å². The summed E-state index contributed by atoms with van der Waals surface area (Å²) < 4.78 is 6.08. The Morgan fingerprint density at radius 3 is 1.75 bits per heavy atom. The summed E-state index contributed by atoms with van der Waals surface area (Å²) in [5.41, 5.74) is 13.3. The van der Waals surface area contributed by atoms with Crippen molar-refractivity contribution < 1.29 is 4.42 Å². The molecule has 0 unspecified atom stereocenters. The summed E-state index contributed by atoms with van der Waals surface area (Å²) in [5.74, 6) is 0.669. The molecule has 0 aliphatic carbocycles. The molecule has 53 heavy (non-hydrogen) atoms. The van der Waals surface area contributed by atoms with Crippen molar-refractivity contribution in [1.82, 2.24) is 15.0 Å². The first-order valence-corrected chi connectivity index (χ1v) is 17.7. The van der Waals surface area contributed by atoms with E-state index in [1.807, 2.05) is 24.4 Å². The number of fused-ring (bicyclic) bond motifs is 4. The molecule has 4 nitrogen and oxygen atoms in total. The van der Waals surface area contributed by atoms with E-state index in [1.54, 1.807) is 6.20 Å². The molecule has 10 rings (SSSR count). The minimum Gasteiger partial charge on any atom is -0.456 e. The van der Waals surface area contributed by atoms with E-state index in [1.165, 1.54) is 21.9 Å². The minimum absolute atomic E-state index is 0.669. The molecule has 0 atom stereocenters. The fraction of sp³-hybridized carbons (Fsp3) is 0. The number of hydrogen-bond donors (Lipinski definition) is 0. The normalized spacial score (nSPS) is 11.4. The molecule has 7 aromatic carbocycles. The van der Waals surface area contributed by atoms with Gasteiger partial charge in [0.15, 0.2) is 5.82 Å². The van der Waals surface area contributed by atoms with E-state index in [4.69, 9.17) is 14.4 Å². The van der Waals surface area contributed by atoms with E-state index in [0.717, 1.165) is 72.3 Å². The molecular weight excluding hydrogens is 647 g/mol. The van der Waals surface area contributed by atoms with Crippen LogP contribution in [-0.4, -0.2) is 15.0 Å². The summed E-state index contributed by atoms with van der Waals surface area (Å²) in [4.78, 5) is 14.7. The Labute approximate surface area is 306 Å². The summed E-state index contributed by atoms with van der Waals surface area (Å²) in [6, 6.07) is 61.4. The van der Waals surface area contributed by atoms with Crippen molar-refractivity contribution in [2.75, 3.05) is 0 Å². The van der Waals surface area contributed by atoms with Crippen molar-refractivity contribution in [1.29, 1.82) is 0 Å². The van der Waals surface area contributed by atoms with Crippen molar-refractivity contribution in [3.05, 3.63) is 188 Å². The fourth-order valence-electron chi connectivity index (χ4n) is 7.28. The molecule has 0 spiro atoms. The van der Waals surface area contributed by atoms with E-state index in [-0.39, 0.29) is 0 Å². The van der Waals surface area contributed by atoms with Crippen LogP contribution in [0.3, 0.4) is 0 Å². The van der Waals surface area contributed by atoms with E-state index < -0.39 is 0 Å². The van der Waals surface area contributed by atoms with Crippen LogP contribution in [0, 0.1) is 0 Å². The Kier molecular flexibility index (Phi) is 7.43. The molecule has 0 bridgehead atoms. The van der Waals surface area contributed by atoms with Crippen molar-refractivity contribution >= 4 is 32.7 Å². The summed E-state index contributed by atoms with van der Waals surface area (Å²) >= 11 is 0. The molecule has 0 aliphatic rings. The maximum atomic E-state index is 6.08. The van der Waals surface area contributed by atoms with E-state index in [9.17, 15) is 0 Å². The largest absolute Gasteiger partial charge is 0.456 e. The highest BCUT2D eigenvalue weighted by Gasteiger charge is 2.14. The zero-order valence-electron chi connectivity index (χ0n) is 28.6. The lowest BCUT2D eigenvalue weighted by Crippen LogP contribution is -1.96. The summed E-state index contributed by atoms with van der Waals surface area (Å²) in [6.07, 6.45) is 3.68. The molecule has 0 saturated heterocycles. The molecule has 0 amide bonds. The quantitative estimate of drug-likeness (QED) is 0.176. The van der Waals surface area contributed by atoms with Gasteiger partial charge >= 0.3 is 0 Å². The number of furan rings is 1. The van der Waals surface area contributed by atoms with Crippen LogP contribution in [0.5, 0.6) is 0 Å². The van der Waals surface area contributed by atoms with Gasteiger partial charge in [-0.25, -0.2) is 9.97 Å². The van der Waals surface area contributed by atoms with Gasteiger partial charge in [0, 0.05) is 45.4 Å². The van der Waals surface area contributed by atoms with Crippen LogP contribution in [-0.2, 0) is 0 Å². The van der Waals surface area contributed by atoms with Gasteiger partial charge in [-0.3, -0.25) is 4.98 Å². The molecule has 10 aromatic rings. The number of aromatic nitrogens is 3. The molecule has 4 heteroatoms. The highest BCUT2D eigenvalue weighted by atomic mass is 16.3. The van der Waals surface area contributed by atoms with E-state index >= 15 is 0 Å². The maximum Gasteiger partial charge on any atom is 0.160 e. The van der Waals surface area contributed by atoms with Gasteiger partial charge in [0.1, 0.15) is 11.2 Å². The second kappa shape index (κ2) is 12.9. The zero-order valence-corrected chi connectivity index (χ0v) is 28.6. The lowest BCUT2D eigenvalue weighted by Gasteiger charge is -2.12.